The molecule has 0 aromatic rings. The fourth-order valence-corrected chi connectivity index (χ4v) is 2.37. The van der Waals surface area contributed by atoms with Crippen molar-refractivity contribution in [3.05, 3.63) is 24.3 Å². The van der Waals surface area contributed by atoms with Crippen LogP contribution in [0.25, 0.3) is 0 Å². The highest BCUT2D eigenvalue weighted by Gasteiger charge is 2.44. The maximum atomic E-state index is 5.54. The van der Waals surface area contributed by atoms with Gasteiger partial charge in [-0.1, -0.05) is 25.7 Å². The molecule has 0 radical (unpaired) electrons. The van der Waals surface area contributed by atoms with Crippen LogP contribution in [0.3, 0.4) is 0 Å². The molecule has 3 aliphatic carbocycles. The van der Waals surface area contributed by atoms with Gasteiger partial charge in [0.15, 0.2) is 0 Å². The lowest BCUT2D eigenvalue weighted by Gasteiger charge is -2.48. The van der Waals surface area contributed by atoms with Gasteiger partial charge < -0.3 is 4.74 Å². The van der Waals surface area contributed by atoms with Crippen LogP contribution in [0, 0.1) is 5.41 Å². The van der Waals surface area contributed by atoms with Crippen LogP contribution in [0.1, 0.15) is 26.2 Å². The summed E-state index contributed by atoms with van der Waals surface area (Å²) < 4.78 is 5.54. The van der Waals surface area contributed by atoms with Crippen LogP contribution >= 0.6 is 0 Å². The summed E-state index contributed by atoms with van der Waals surface area (Å²) in [6, 6.07) is 0. The van der Waals surface area contributed by atoms with Gasteiger partial charge in [0.2, 0.25) is 0 Å². The van der Waals surface area contributed by atoms with Crippen LogP contribution in [0.5, 0.6) is 0 Å². The Morgan fingerprint density at radius 3 is 2.58 bits per heavy atom. The number of methoxy groups -OCH3 is 1. The van der Waals surface area contributed by atoms with E-state index >= 15 is 0 Å². The lowest BCUT2D eigenvalue weighted by atomic mass is 9.62. The van der Waals surface area contributed by atoms with Crippen molar-refractivity contribution < 1.29 is 4.74 Å². The van der Waals surface area contributed by atoms with Gasteiger partial charge in [0.25, 0.3) is 0 Å². The van der Waals surface area contributed by atoms with Crippen molar-refractivity contribution >= 4 is 0 Å². The van der Waals surface area contributed by atoms with E-state index < -0.39 is 0 Å². The predicted molar refractivity (Wildman–Crippen MR) is 50.0 cm³/mol. The summed E-state index contributed by atoms with van der Waals surface area (Å²) in [5.74, 6) is 0. The minimum Gasteiger partial charge on any atom is -0.370 e. The highest BCUT2D eigenvalue weighted by Crippen LogP contribution is 2.50. The Kier molecular flexibility index (Phi) is 1.50. The van der Waals surface area contributed by atoms with E-state index in [-0.39, 0.29) is 5.60 Å². The summed E-state index contributed by atoms with van der Waals surface area (Å²) in [6.07, 6.45) is 7.93. The smallest absolute Gasteiger partial charge is 0.107 e. The highest BCUT2D eigenvalue weighted by atomic mass is 16.5. The average molecular weight is 164 g/mol. The zero-order valence-electron chi connectivity index (χ0n) is 7.89. The van der Waals surface area contributed by atoms with Crippen molar-refractivity contribution in [2.45, 2.75) is 31.8 Å². The van der Waals surface area contributed by atoms with Crippen LogP contribution in [-0.2, 0) is 4.74 Å². The van der Waals surface area contributed by atoms with Crippen molar-refractivity contribution in [1.29, 1.82) is 0 Å². The van der Waals surface area contributed by atoms with Crippen LogP contribution in [0.15, 0.2) is 24.3 Å². The van der Waals surface area contributed by atoms with Crippen LogP contribution in [-0.4, -0.2) is 12.7 Å². The zero-order valence-corrected chi connectivity index (χ0v) is 7.89. The molecule has 2 bridgehead atoms. The summed E-state index contributed by atoms with van der Waals surface area (Å²) in [4.78, 5) is 0. The third-order valence-electron chi connectivity index (χ3n) is 3.40. The Morgan fingerprint density at radius 2 is 2.17 bits per heavy atom. The Morgan fingerprint density at radius 1 is 1.42 bits per heavy atom. The van der Waals surface area contributed by atoms with Crippen molar-refractivity contribution in [3.63, 3.8) is 0 Å². The molecule has 2 atom stereocenters. The molecule has 0 heterocycles. The first-order valence-corrected chi connectivity index (χ1v) is 4.54. The van der Waals surface area contributed by atoms with Crippen LogP contribution < -0.4 is 0 Å². The van der Waals surface area contributed by atoms with E-state index in [0.29, 0.717) is 5.41 Å². The first-order chi connectivity index (χ1) is 5.60. The van der Waals surface area contributed by atoms with Gasteiger partial charge in [-0.3, -0.25) is 0 Å². The van der Waals surface area contributed by atoms with Crippen molar-refractivity contribution in [2.24, 2.45) is 5.41 Å². The average Bonchev–Trinajstić information content (AvgIpc) is 2.05. The molecular weight excluding hydrogens is 148 g/mol. The summed E-state index contributed by atoms with van der Waals surface area (Å²) in [6.45, 7) is 6.41. The monoisotopic (exact) mass is 164 g/mol. The molecule has 66 valence electrons. The quantitative estimate of drug-likeness (QED) is 0.541. The number of allylic oxidation sites excluding steroid dienone is 1. The van der Waals surface area contributed by atoms with E-state index in [0.717, 1.165) is 12.8 Å². The number of hydrogen-bond acceptors (Lipinski definition) is 1. The summed E-state index contributed by atoms with van der Waals surface area (Å²) in [5.41, 5.74) is 1.51. The molecule has 2 unspecified atom stereocenters. The molecule has 0 saturated heterocycles. The maximum Gasteiger partial charge on any atom is 0.107 e. The molecule has 0 spiro atoms. The van der Waals surface area contributed by atoms with Gasteiger partial charge >= 0.3 is 0 Å². The van der Waals surface area contributed by atoms with Gasteiger partial charge in [0.1, 0.15) is 5.60 Å². The maximum absolute atomic E-state index is 5.54. The lowest BCUT2D eigenvalue weighted by molar-refractivity contribution is 0.0133. The van der Waals surface area contributed by atoms with Gasteiger partial charge in [0, 0.05) is 7.11 Å². The van der Waals surface area contributed by atoms with Gasteiger partial charge in [-0.15, -0.1) is 0 Å². The molecule has 1 nitrogen and oxygen atoms in total. The van der Waals surface area contributed by atoms with Gasteiger partial charge in [0.05, 0.1) is 0 Å². The fraction of sp³-hybridized carbons (Fsp3) is 0.636. The fourth-order valence-electron chi connectivity index (χ4n) is 2.37. The van der Waals surface area contributed by atoms with Gasteiger partial charge in [-0.2, -0.15) is 0 Å². The van der Waals surface area contributed by atoms with E-state index in [1.807, 2.05) is 0 Å². The zero-order chi connectivity index (χ0) is 8.82. The SMILES string of the molecule is C=C1CC2(C)C=CC1(OC)CC2. The number of rotatable bonds is 1. The van der Waals surface area contributed by atoms with Gasteiger partial charge in [-0.05, 0) is 30.3 Å². The van der Waals surface area contributed by atoms with E-state index in [1.54, 1.807) is 7.11 Å². The second-order valence-corrected chi connectivity index (χ2v) is 4.36. The standard InChI is InChI=1S/C11H16O/c1-9-8-10(2)4-6-11(9,12-3)7-5-10/h4,6H,1,5,7-8H2,2-3H3. The third kappa shape index (κ3) is 0.893. The first kappa shape index (κ1) is 8.06. The Hall–Kier alpha value is -0.560. The van der Waals surface area contributed by atoms with Crippen LogP contribution in [0.2, 0.25) is 0 Å². The van der Waals surface area contributed by atoms with E-state index in [4.69, 9.17) is 4.74 Å². The Labute approximate surface area is 74.1 Å². The Bertz CT molecular complexity index is 254. The summed E-state index contributed by atoms with van der Waals surface area (Å²) in [7, 11) is 1.78. The number of hydrogen-bond donors (Lipinski definition) is 0. The van der Waals surface area contributed by atoms with Gasteiger partial charge in [-0.25, -0.2) is 0 Å². The molecular formula is C11H16O. The van der Waals surface area contributed by atoms with E-state index in [9.17, 15) is 0 Å². The largest absolute Gasteiger partial charge is 0.370 e. The topological polar surface area (TPSA) is 9.23 Å². The normalized spacial score (nSPS) is 45.3. The molecule has 0 N–H and O–H groups in total. The molecule has 1 saturated carbocycles. The highest BCUT2D eigenvalue weighted by molar-refractivity contribution is 5.34. The Balaban J connectivity index is 2.40. The van der Waals surface area contributed by atoms with Crippen LogP contribution in [0.4, 0.5) is 0 Å². The minimum absolute atomic E-state index is 0.113. The van der Waals surface area contributed by atoms with Crippen molar-refractivity contribution in [1.82, 2.24) is 0 Å². The minimum atomic E-state index is -0.113. The van der Waals surface area contributed by atoms with Crippen molar-refractivity contribution in [3.8, 4) is 0 Å². The molecule has 0 amide bonds. The lowest BCUT2D eigenvalue weighted by Crippen LogP contribution is -2.43. The van der Waals surface area contributed by atoms with Crippen molar-refractivity contribution in [2.75, 3.05) is 7.11 Å². The second kappa shape index (κ2) is 2.23. The number of ether oxygens (including phenoxy) is 1. The summed E-state index contributed by atoms with van der Waals surface area (Å²) >= 11 is 0. The molecule has 12 heavy (non-hydrogen) atoms. The third-order valence-corrected chi connectivity index (χ3v) is 3.40. The number of fused-ring (bicyclic) bond motifs is 2. The predicted octanol–water partition coefficient (Wildman–Crippen LogP) is 2.69. The molecule has 3 rings (SSSR count). The molecule has 0 aromatic carbocycles. The first-order valence-electron chi connectivity index (χ1n) is 4.54. The molecule has 1 fully saturated rings. The van der Waals surface area contributed by atoms with E-state index in [2.05, 4.69) is 25.7 Å². The second-order valence-electron chi connectivity index (χ2n) is 4.36. The van der Waals surface area contributed by atoms with E-state index in [1.165, 1.54) is 12.0 Å². The molecule has 3 aliphatic rings. The molecule has 0 aliphatic heterocycles. The molecule has 0 aromatic heterocycles. The summed E-state index contributed by atoms with van der Waals surface area (Å²) in [5, 5.41) is 0. The molecule has 1 heteroatoms.